The van der Waals surface area contributed by atoms with Crippen molar-refractivity contribution in [1.82, 2.24) is 0 Å². The van der Waals surface area contributed by atoms with Gasteiger partial charge in [0.2, 0.25) is 0 Å². The minimum atomic E-state index is -1.21. The first-order chi connectivity index (χ1) is 4.04. The van der Waals surface area contributed by atoms with Gasteiger partial charge in [0.15, 0.2) is 0 Å². The van der Waals surface area contributed by atoms with E-state index in [1.54, 1.807) is 0 Å². The molecule has 0 aliphatic rings. The molecule has 2 N–H and O–H groups in total. The van der Waals surface area contributed by atoms with E-state index in [1.807, 2.05) is 0 Å². The number of hydrogen-bond donors (Lipinski definition) is 3. The summed E-state index contributed by atoms with van der Waals surface area (Å²) in [6.07, 6.45) is -0.446. The van der Waals surface area contributed by atoms with Crippen LogP contribution in [0.1, 0.15) is 6.42 Å². The van der Waals surface area contributed by atoms with Crippen LogP contribution in [0, 0.1) is 0 Å². The van der Waals surface area contributed by atoms with Crippen LogP contribution in [0.5, 0.6) is 0 Å². The molecule has 0 aromatic rings. The Bertz CT molecular complexity index is 137. The van der Waals surface area contributed by atoms with E-state index in [2.05, 4.69) is 12.6 Å². The molecule has 0 fully saturated rings. The molecule has 0 amide bonds. The van der Waals surface area contributed by atoms with E-state index in [-0.39, 0.29) is 19.8 Å². The van der Waals surface area contributed by atoms with Gasteiger partial charge < -0.3 is 10.2 Å². The molecule has 1 unspecified atom stereocenters. The number of rotatable bonds is 3. The molecule has 1 atom stereocenters. The molecule has 0 saturated heterocycles. The molecular weight excluding hydrogens is 214 g/mol. The molecule has 58 valence electrons. The summed E-state index contributed by atoms with van der Waals surface area (Å²) >= 11 is 3.48. The van der Waals surface area contributed by atoms with Crippen molar-refractivity contribution < 1.29 is 19.8 Å². The molecule has 0 radical (unpaired) electrons. The second kappa shape index (κ2) is 5.69. The van der Waals surface area contributed by atoms with Gasteiger partial charge in [-0.15, -0.1) is 0 Å². The van der Waals surface area contributed by atoms with E-state index >= 15 is 0 Å². The molecule has 0 rings (SSSR count). The monoisotopic (exact) mass is 222 g/mol. The number of hydrogen-bond acceptors (Lipinski definition) is 3. The van der Waals surface area contributed by atoms with Gasteiger partial charge >= 0.3 is 31.7 Å². The Morgan fingerprint density at radius 3 is 1.90 bits per heavy atom. The zero-order valence-electron chi connectivity index (χ0n) is 4.44. The number of thiol groups is 1. The fourth-order valence-corrected chi connectivity index (χ4v) is 0.409. The van der Waals surface area contributed by atoms with Crippen molar-refractivity contribution in [2.75, 3.05) is 0 Å². The first-order valence-corrected chi connectivity index (χ1v) is 2.68. The molecule has 6 heteroatoms. The van der Waals surface area contributed by atoms with Crippen LogP contribution in [0.4, 0.5) is 0 Å². The van der Waals surface area contributed by atoms with Crippen LogP contribution in [0.15, 0.2) is 0 Å². The molecule has 0 spiro atoms. The SMILES string of the molecule is O=C(O)CC(S)C(=O)O.[GaH3]. The van der Waals surface area contributed by atoms with Gasteiger partial charge in [-0.05, 0) is 0 Å². The van der Waals surface area contributed by atoms with Crippen LogP contribution in [-0.2, 0) is 9.59 Å². The van der Waals surface area contributed by atoms with Crippen molar-refractivity contribution >= 4 is 44.4 Å². The van der Waals surface area contributed by atoms with Crippen molar-refractivity contribution in [1.29, 1.82) is 0 Å². The average Bonchev–Trinajstić information content (AvgIpc) is 1.63. The van der Waals surface area contributed by atoms with Crippen LogP contribution >= 0.6 is 12.6 Å². The fourth-order valence-electron chi connectivity index (χ4n) is 0.253. The minimum absolute atomic E-state index is 0. The topological polar surface area (TPSA) is 74.6 Å². The Morgan fingerprint density at radius 2 is 1.80 bits per heavy atom. The van der Waals surface area contributed by atoms with Gasteiger partial charge in [-0.2, -0.15) is 12.6 Å². The third-order valence-corrected chi connectivity index (χ3v) is 1.06. The Morgan fingerprint density at radius 1 is 1.40 bits per heavy atom. The quantitative estimate of drug-likeness (QED) is 0.409. The van der Waals surface area contributed by atoms with E-state index in [1.165, 1.54) is 0 Å². The predicted octanol–water partition coefficient (Wildman–Crippen LogP) is -1.34. The molecule has 0 saturated carbocycles. The number of carboxylic acid groups (broad SMARTS) is 2. The Labute approximate surface area is 76.1 Å². The van der Waals surface area contributed by atoms with Gasteiger partial charge in [0.05, 0.1) is 6.42 Å². The number of carboxylic acids is 2. The van der Waals surface area contributed by atoms with E-state index in [0.717, 1.165) is 0 Å². The third-order valence-electron chi connectivity index (χ3n) is 0.653. The molecule has 0 aromatic carbocycles. The van der Waals surface area contributed by atoms with Gasteiger partial charge in [0, 0.05) is 0 Å². The number of carbonyl (C=O) groups is 2. The van der Waals surface area contributed by atoms with Crippen LogP contribution in [0.3, 0.4) is 0 Å². The first kappa shape index (κ1) is 12.6. The van der Waals surface area contributed by atoms with Crippen molar-refractivity contribution in [3.63, 3.8) is 0 Å². The molecule has 4 nitrogen and oxygen atoms in total. The summed E-state index contributed by atoms with van der Waals surface area (Å²) in [6.45, 7) is 0. The van der Waals surface area contributed by atoms with Gasteiger partial charge in [-0.1, -0.05) is 0 Å². The summed E-state index contributed by atoms with van der Waals surface area (Å²) in [4.78, 5) is 19.7. The molecule has 10 heavy (non-hydrogen) atoms. The Balaban J connectivity index is 0. The summed E-state index contributed by atoms with van der Waals surface area (Å²) in [7, 11) is 0. The molecule has 0 aromatic heterocycles. The summed E-state index contributed by atoms with van der Waals surface area (Å²) in [5.41, 5.74) is 0. The second-order valence-electron chi connectivity index (χ2n) is 1.45. The molecular formula is C4H9GaO4S. The van der Waals surface area contributed by atoms with Gasteiger partial charge in [-0.3, -0.25) is 9.59 Å². The standard InChI is InChI=1S/C4H6O4S.Ga.3H/c5-3(6)1-2(9)4(7)8;;;;/h2,9H,1H2,(H,5,6)(H,7,8);;;;. The van der Waals surface area contributed by atoms with Gasteiger partial charge in [0.1, 0.15) is 5.25 Å². The van der Waals surface area contributed by atoms with E-state index < -0.39 is 23.6 Å². The average molecular weight is 223 g/mol. The van der Waals surface area contributed by atoms with Crippen LogP contribution in [0.2, 0.25) is 0 Å². The molecule has 0 bridgehead atoms. The van der Waals surface area contributed by atoms with E-state index in [0.29, 0.717) is 0 Å². The van der Waals surface area contributed by atoms with Crippen molar-refractivity contribution in [3.8, 4) is 0 Å². The second-order valence-corrected chi connectivity index (χ2v) is 2.08. The summed E-state index contributed by atoms with van der Waals surface area (Å²) < 4.78 is 0. The number of aliphatic carboxylic acids is 2. The van der Waals surface area contributed by atoms with Crippen molar-refractivity contribution in [2.45, 2.75) is 11.7 Å². The van der Waals surface area contributed by atoms with Crippen molar-refractivity contribution in [3.05, 3.63) is 0 Å². The van der Waals surface area contributed by atoms with Crippen molar-refractivity contribution in [2.24, 2.45) is 0 Å². The third kappa shape index (κ3) is 6.05. The first-order valence-electron chi connectivity index (χ1n) is 2.16. The summed E-state index contributed by atoms with van der Waals surface area (Å²) in [5.74, 6) is -2.36. The normalized spacial score (nSPS) is 11.3. The van der Waals surface area contributed by atoms with Gasteiger partial charge in [-0.25, -0.2) is 0 Å². The van der Waals surface area contributed by atoms with Crippen LogP contribution in [0.25, 0.3) is 0 Å². The summed E-state index contributed by atoms with van der Waals surface area (Å²) in [6, 6.07) is 0. The molecule has 0 aliphatic heterocycles. The summed E-state index contributed by atoms with van der Waals surface area (Å²) in [5, 5.41) is 15.0. The zero-order valence-corrected chi connectivity index (χ0v) is 5.34. The van der Waals surface area contributed by atoms with Crippen LogP contribution in [-0.4, -0.2) is 47.2 Å². The van der Waals surface area contributed by atoms with E-state index in [9.17, 15) is 9.59 Å². The zero-order chi connectivity index (χ0) is 7.44. The maximum atomic E-state index is 9.90. The Kier molecular flexibility index (Phi) is 7.17. The maximum absolute atomic E-state index is 9.90. The van der Waals surface area contributed by atoms with E-state index in [4.69, 9.17) is 10.2 Å². The van der Waals surface area contributed by atoms with Gasteiger partial charge in [0.25, 0.3) is 0 Å². The predicted molar refractivity (Wildman–Crippen MR) is 42.6 cm³/mol. The fraction of sp³-hybridized carbons (Fsp3) is 0.500. The van der Waals surface area contributed by atoms with Crippen LogP contribution < -0.4 is 0 Å². The Hall–Kier alpha value is -0.0736. The molecule has 0 heterocycles. The molecule has 0 aliphatic carbocycles.